The number of carbonyl (C=O) groups excluding carboxylic acids is 2. The number of pyridine rings is 1. The summed E-state index contributed by atoms with van der Waals surface area (Å²) in [6.07, 6.45) is -3.28. The van der Waals surface area contributed by atoms with E-state index in [0.29, 0.717) is 30.2 Å². The summed E-state index contributed by atoms with van der Waals surface area (Å²) >= 11 is 5.79. The van der Waals surface area contributed by atoms with E-state index in [1.807, 2.05) is 0 Å². The quantitative estimate of drug-likeness (QED) is 0.531. The number of aliphatic hydroxyl groups is 1. The summed E-state index contributed by atoms with van der Waals surface area (Å²) in [6.45, 7) is 3.96. The molecule has 4 rings (SSSR count). The zero-order chi connectivity index (χ0) is 26.2. The summed E-state index contributed by atoms with van der Waals surface area (Å²) in [6, 6.07) is 4.99. The standard InChI is InChI=1S/C23H22ClF3N6O3/c1-12(29-21(35)15-7-16(23(25,26)27)9-17(24)8-15)20-30-13(2)31-33(20)19-4-3-14(10-28-19)22(36)32-6-5-18(34)11-32/h3-4,7-10,12,18,34H,5-6,11H2,1-2H3,(H,29,35)/t12-,18+/m0/s1. The molecule has 2 atom stereocenters. The van der Waals surface area contributed by atoms with E-state index in [-0.39, 0.29) is 28.9 Å². The van der Waals surface area contributed by atoms with Crippen LogP contribution in [0.15, 0.2) is 36.5 Å². The number of nitrogens with zero attached hydrogens (tertiary/aromatic N) is 5. The molecule has 9 nitrogen and oxygen atoms in total. The van der Waals surface area contributed by atoms with Crippen molar-refractivity contribution in [2.45, 2.75) is 38.6 Å². The fraction of sp³-hybridized carbons (Fsp3) is 0.348. The van der Waals surface area contributed by atoms with Crippen LogP contribution in [0.3, 0.4) is 0 Å². The molecule has 1 aliphatic rings. The molecule has 1 aromatic carbocycles. The smallest absolute Gasteiger partial charge is 0.391 e. The lowest BCUT2D eigenvalue weighted by Crippen LogP contribution is -2.30. The normalized spacial score (nSPS) is 16.8. The van der Waals surface area contributed by atoms with Gasteiger partial charge in [0.2, 0.25) is 0 Å². The third-order valence-corrected chi connectivity index (χ3v) is 5.84. The number of hydrogen-bond acceptors (Lipinski definition) is 6. The molecular formula is C23H22ClF3N6O3. The SMILES string of the molecule is Cc1nc([C@H](C)NC(=O)c2cc(Cl)cc(C(F)(F)F)c2)n(-c2ccc(C(=O)N3CC[C@@H](O)C3)cn2)n1. The predicted octanol–water partition coefficient (Wildman–Crippen LogP) is 3.34. The summed E-state index contributed by atoms with van der Waals surface area (Å²) in [5.41, 5.74) is -0.944. The number of alkyl halides is 3. The van der Waals surface area contributed by atoms with Gasteiger partial charge in [0.1, 0.15) is 5.82 Å². The lowest BCUT2D eigenvalue weighted by molar-refractivity contribution is -0.137. The second-order valence-corrected chi connectivity index (χ2v) is 8.89. The fourth-order valence-corrected chi connectivity index (χ4v) is 4.09. The summed E-state index contributed by atoms with van der Waals surface area (Å²) in [7, 11) is 0. The summed E-state index contributed by atoms with van der Waals surface area (Å²) in [4.78, 5) is 35.5. The lowest BCUT2D eigenvalue weighted by atomic mass is 10.1. The maximum absolute atomic E-state index is 13.1. The van der Waals surface area contributed by atoms with Gasteiger partial charge in [0.15, 0.2) is 11.6 Å². The maximum atomic E-state index is 13.1. The maximum Gasteiger partial charge on any atom is 0.416 e. The first kappa shape index (κ1) is 25.6. The molecule has 36 heavy (non-hydrogen) atoms. The van der Waals surface area contributed by atoms with Gasteiger partial charge in [-0.05, 0) is 50.6 Å². The highest BCUT2D eigenvalue weighted by Crippen LogP contribution is 2.32. The van der Waals surface area contributed by atoms with Gasteiger partial charge in [-0.1, -0.05) is 11.6 Å². The highest BCUT2D eigenvalue weighted by atomic mass is 35.5. The van der Waals surface area contributed by atoms with E-state index in [2.05, 4.69) is 20.4 Å². The topological polar surface area (TPSA) is 113 Å². The van der Waals surface area contributed by atoms with Crippen molar-refractivity contribution in [1.82, 2.24) is 30.0 Å². The zero-order valence-electron chi connectivity index (χ0n) is 19.3. The molecule has 0 spiro atoms. The average molecular weight is 523 g/mol. The Morgan fingerprint density at radius 3 is 2.58 bits per heavy atom. The van der Waals surface area contributed by atoms with Gasteiger partial charge in [0, 0.05) is 29.9 Å². The van der Waals surface area contributed by atoms with E-state index in [4.69, 9.17) is 11.6 Å². The molecule has 2 N–H and O–H groups in total. The molecule has 0 aliphatic carbocycles. The Balaban J connectivity index is 1.54. The van der Waals surface area contributed by atoms with E-state index in [0.717, 1.165) is 18.2 Å². The summed E-state index contributed by atoms with van der Waals surface area (Å²) in [5.74, 6) is -0.0356. The van der Waals surface area contributed by atoms with Crippen molar-refractivity contribution in [2.75, 3.05) is 13.1 Å². The Morgan fingerprint density at radius 2 is 1.97 bits per heavy atom. The second kappa shape index (κ2) is 9.86. The molecule has 3 aromatic rings. The Morgan fingerprint density at radius 1 is 1.22 bits per heavy atom. The molecule has 1 saturated heterocycles. The number of carbonyl (C=O) groups is 2. The number of rotatable bonds is 5. The van der Waals surface area contributed by atoms with E-state index >= 15 is 0 Å². The number of likely N-dealkylation sites (tertiary alicyclic amines) is 1. The molecular weight excluding hydrogens is 501 g/mol. The first-order valence-corrected chi connectivity index (χ1v) is 11.4. The highest BCUT2D eigenvalue weighted by molar-refractivity contribution is 6.31. The molecule has 1 aliphatic heterocycles. The predicted molar refractivity (Wildman–Crippen MR) is 123 cm³/mol. The van der Waals surface area contributed by atoms with E-state index in [1.165, 1.54) is 10.9 Å². The van der Waals surface area contributed by atoms with Crippen LogP contribution in [-0.2, 0) is 6.18 Å². The lowest BCUT2D eigenvalue weighted by Gasteiger charge is -2.16. The zero-order valence-corrected chi connectivity index (χ0v) is 20.0. The van der Waals surface area contributed by atoms with Crippen molar-refractivity contribution in [3.8, 4) is 5.82 Å². The van der Waals surface area contributed by atoms with Crippen LogP contribution in [0.2, 0.25) is 5.02 Å². The minimum atomic E-state index is -4.66. The minimum Gasteiger partial charge on any atom is -0.391 e. The van der Waals surface area contributed by atoms with Crippen molar-refractivity contribution in [1.29, 1.82) is 0 Å². The number of aryl methyl sites for hydroxylation is 1. The Hall–Kier alpha value is -3.51. The summed E-state index contributed by atoms with van der Waals surface area (Å²) in [5, 5.41) is 16.3. The van der Waals surface area contributed by atoms with Crippen molar-refractivity contribution in [3.05, 3.63) is 69.9 Å². The van der Waals surface area contributed by atoms with Crippen LogP contribution < -0.4 is 5.32 Å². The Kier molecular flexibility index (Phi) is 7.01. The van der Waals surface area contributed by atoms with Crippen LogP contribution in [-0.4, -0.2) is 60.8 Å². The van der Waals surface area contributed by atoms with Crippen LogP contribution in [0.1, 0.15) is 57.3 Å². The molecule has 0 radical (unpaired) electrons. The van der Waals surface area contributed by atoms with Crippen molar-refractivity contribution in [2.24, 2.45) is 0 Å². The fourth-order valence-electron chi connectivity index (χ4n) is 3.86. The number of nitrogens with one attached hydrogen (secondary N) is 1. The van der Waals surface area contributed by atoms with E-state index in [1.54, 1.807) is 30.9 Å². The largest absolute Gasteiger partial charge is 0.416 e. The molecule has 0 unspecified atom stereocenters. The molecule has 3 heterocycles. The average Bonchev–Trinajstić information content (AvgIpc) is 3.43. The Bertz CT molecular complexity index is 1300. The molecule has 0 bridgehead atoms. The first-order valence-electron chi connectivity index (χ1n) is 11.0. The molecule has 2 aromatic heterocycles. The van der Waals surface area contributed by atoms with Crippen LogP contribution >= 0.6 is 11.6 Å². The van der Waals surface area contributed by atoms with Gasteiger partial charge < -0.3 is 15.3 Å². The third kappa shape index (κ3) is 5.49. The highest BCUT2D eigenvalue weighted by Gasteiger charge is 2.32. The van der Waals surface area contributed by atoms with E-state index < -0.39 is 29.8 Å². The van der Waals surface area contributed by atoms with Crippen LogP contribution in [0.25, 0.3) is 5.82 Å². The van der Waals surface area contributed by atoms with E-state index in [9.17, 15) is 27.9 Å². The van der Waals surface area contributed by atoms with Gasteiger partial charge >= 0.3 is 6.18 Å². The van der Waals surface area contributed by atoms with Gasteiger partial charge in [-0.2, -0.15) is 17.9 Å². The van der Waals surface area contributed by atoms with Gasteiger partial charge in [0.05, 0.1) is 23.3 Å². The molecule has 2 amide bonds. The van der Waals surface area contributed by atoms with Crippen LogP contribution in [0.5, 0.6) is 0 Å². The number of amides is 2. The summed E-state index contributed by atoms with van der Waals surface area (Å²) < 4.78 is 40.7. The first-order chi connectivity index (χ1) is 16.9. The third-order valence-electron chi connectivity index (χ3n) is 5.62. The van der Waals surface area contributed by atoms with Gasteiger partial charge in [-0.3, -0.25) is 9.59 Å². The monoisotopic (exact) mass is 522 g/mol. The van der Waals surface area contributed by atoms with Crippen LogP contribution in [0, 0.1) is 6.92 Å². The number of aliphatic hydroxyl groups excluding tert-OH is 1. The molecule has 13 heteroatoms. The molecule has 0 saturated carbocycles. The molecule has 190 valence electrons. The number of aromatic nitrogens is 4. The molecule has 1 fully saturated rings. The van der Waals surface area contributed by atoms with Crippen molar-refractivity contribution in [3.63, 3.8) is 0 Å². The minimum absolute atomic E-state index is 0.219. The Labute approximate surface area is 208 Å². The van der Waals surface area contributed by atoms with Gasteiger partial charge in [-0.15, -0.1) is 5.10 Å². The number of β-amino-alcohol motifs (C(OH)–C–C–N with tert-alkyl or cyclic N) is 1. The van der Waals surface area contributed by atoms with Gasteiger partial charge in [-0.25, -0.2) is 9.97 Å². The van der Waals surface area contributed by atoms with Gasteiger partial charge in [0.25, 0.3) is 11.8 Å². The number of hydrogen-bond donors (Lipinski definition) is 2. The van der Waals surface area contributed by atoms with Crippen LogP contribution in [0.4, 0.5) is 13.2 Å². The second-order valence-electron chi connectivity index (χ2n) is 8.45. The van der Waals surface area contributed by atoms with Crippen molar-refractivity contribution >= 4 is 23.4 Å². The van der Waals surface area contributed by atoms with Crippen molar-refractivity contribution < 1.29 is 27.9 Å². The number of benzene rings is 1. The number of halogens is 4.